The van der Waals surface area contributed by atoms with Gasteiger partial charge in [0.2, 0.25) is 0 Å². The Kier molecular flexibility index (Phi) is 4.95. The molecule has 1 aromatic carbocycles. The van der Waals surface area contributed by atoms with Gasteiger partial charge < -0.3 is 5.73 Å². The maximum absolute atomic E-state index is 5.54. The van der Waals surface area contributed by atoms with E-state index < -0.39 is 0 Å². The van der Waals surface area contributed by atoms with Gasteiger partial charge in [-0.05, 0) is 30.0 Å². The lowest BCUT2D eigenvalue weighted by Crippen LogP contribution is -1.99. The molecule has 0 saturated carbocycles. The van der Waals surface area contributed by atoms with Gasteiger partial charge in [0.25, 0.3) is 0 Å². The fourth-order valence-electron chi connectivity index (χ4n) is 1.21. The Hall–Kier alpha value is -0.530. The molecule has 0 bridgehead atoms. The SMILES string of the molecule is CCc1ccc(CN)c(C)c1.Cl. The minimum Gasteiger partial charge on any atom is -0.326 e. The number of nitrogens with two attached hydrogens (primary N) is 1. The molecule has 0 spiro atoms. The van der Waals surface area contributed by atoms with E-state index in [4.69, 9.17) is 5.73 Å². The fourth-order valence-corrected chi connectivity index (χ4v) is 1.21. The van der Waals surface area contributed by atoms with Crippen LogP contribution in [0.2, 0.25) is 0 Å². The molecule has 0 radical (unpaired) electrons. The van der Waals surface area contributed by atoms with Crippen LogP contribution in [0.25, 0.3) is 0 Å². The topological polar surface area (TPSA) is 26.0 Å². The molecule has 0 amide bonds. The molecule has 0 aromatic heterocycles. The Bertz CT molecular complexity index is 246. The molecular weight excluding hydrogens is 170 g/mol. The van der Waals surface area contributed by atoms with E-state index in [9.17, 15) is 0 Å². The monoisotopic (exact) mass is 185 g/mol. The lowest BCUT2D eigenvalue weighted by molar-refractivity contribution is 1.03. The Balaban J connectivity index is 0.00000121. The summed E-state index contributed by atoms with van der Waals surface area (Å²) in [4.78, 5) is 0. The molecule has 0 aliphatic carbocycles. The molecule has 0 atom stereocenters. The van der Waals surface area contributed by atoms with Gasteiger partial charge in [-0.15, -0.1) is 12.4 Å². The Morgan fingerprint density at radius 2 is 2.00 bits per heavy atom. The van der Waals surface area contributed by atoms with Crippen LogP contribution in [0.15, 0.2) is 18.2 Å². The minimum absolute atomic E-state index is 0. The van der Waals surface area contributed by atoms with Crippen LogP contribution >= 0.6 is 12.4 Å². The van der Waals surface area contributed by atoms with Crippen molar-refractivity contribution in [2.24, 2.45) is 5.73 Å². The first kappa shape index (κ1) is 11.5. The van der Waals surface area contributed by atoms with E-state index in [0.29, 0.717) is 6.54 Å². The maximum Gasteiger partial charge on any atom is 0.0180 e. The first-order chi connectivity index (χ1) is 5.27. The van der Waals surface area contributed by atoms with Crippen molar-refractivity contribution in [2.75, 3.05) is 0 Å². The van der Waals surface area contributed by atoms with Crippen molar-refractivity contribution in [1.82, 2.24) is 0 Å². The predicted octanol–water partition coefficient (Wildman–Crippen LogP) is 2.44. The molecular formula is C10H16ClN. The van der Waals surface area contributed by atoms with Gasteiger partial charge in [-0.1, -0.05) is 25.1 Å². The van der Waals surface area contributed by atoms with Gasteiger partial charge in [0.1, 0.15) is 0 Å². The standard InChI is InChI=1S/C10H15N.ClH/c1-3-9-4-5-10(7-11)8(2)6-9;/h4-6H,3,7,11H2,1-2H3;1H. The van der Waals surface area contributed by atoms with E-state index in [1.165, 1.54) is 16.7 Å². The summed E-state index contributed by atoms with van der Waals surface area (Å²) in [7, 11) is 0. The second kappa shape index (κ2) is 5.18. The third kappa shape index (κ3) is 2.50. The predicted molar refractivity (Wildman–Crippen MR) is 55.7 cm³/mol. The third-order valence-corrected chi connectivity index (χ3v) is 2.04. The maximum atomic E-state index is 5.54. The largest absolute Gasteiger partial charge is 0.326 e. The van der Waals surface area contributed by atoms with E-state index in [1.807, 2.05) is 0 Å². The van der Waals surface area contributed by atoms with Crippen LogP contribution in [-0.2, 0) is 13.0 Å². The molecule has 0 aliphatic heterocycles. The molecule has 0 unspecified atom stereocenters. The minimum atomic E-state index is 0. The summed E-state index contributed by atoms with van der Waals surface area (Å²) in [6, 6.07) is 6.48. The first-order valence-corrected chi connectivity index (χ1v) is 4.06. The molecule has 0 saturated heterocycles. The second-order valence-corrected chi connectivity index (χ2v) is 2.82. The molecule has 2 N–H and O–H groups in total. The quantitative estimate of drug-likeness (QED) is 0.753. The van der Waals surface area contributed by atoms with E-state index in [2.05, 4.69) is 32.0 Å². The number of aryl methyl sites for hydroxylation is 2. The highest BCUT2D eigenvalue weighted by Crippen LogP contribution is 2.10. The lowest BCUT2D eigenvalue weighted by Gasteiger charge is -2.04. The summed E-state index contributed by atoms with van der Waals surface area (Å²) in [5.74, 6) is 0. The average molecular weight is 186 g/mol. The summed E-state index contributed by atoms with van der Waals surface area (Å²) in [5, 5.41) is 0. The zero-order valence-corrected chi connectivity index (χ0v) is 8.45. The van der Waals surface area contributed by atoms with Crippen molar-refractivity contribution >= 4 is 12.4 Å². The summed E-state index contributed by atoms with van der Waals surface area (Å²) >= 11 is 0. The Morgan fingerprint density at radius 3 is 2.42 bits per heavy atom. The van der Waals surface area contributed by atoms with Crippen molar-refractivity contribution in [3.8, 4) is 0 Å². The van der Waals surface area contributed by atoms with Gasteiger partial charge in [0.05, 0.1) is 0 Å². The number of hydrogen-bond donors (Lipinski definition) is 1. The zero-order valence-electron chi connectivity index (χ0n) is 7.63. The molecule has 1 nitrogen and oxygen atoms in total. The number of halogens is 1. The molecule has 12 heavy (non-hydrogen) atoms. The van der Waals surface area contributed by atoms with Crippen LogP contribution in [0.4, 0.5) is 0 Å². The van der Waals surface area contributed by atoms with Crippen LogP contribution in [0.3, 0.4) is 0 Å². The van der Waals surface area contributed by atoms with Crippen LogP contribution in [0.1, 0.15) is 23.6 Å². The van der Waals surface area contributed by atoms with Crippen molar-refractivity contribution < 1.29 is 0 Å². The summed E-state index contributed by atoms with van der Waals surface area (Å²) in [6.45, 7) is 4.92. The van der Waals surface area contributed by atoms with Crippen molar-refractivity contribution in [1.29, 1.82) is 0 Å². The van der Waals surface area contributed by atoms with Crippen molar-refractivity contribution in [3.05, 3.63) is 34.9 Å². The van der Waals surface area contributed by atoms with Gasteiger partial charge in [-0.25, -0.2) is 0 Å². The van der Waals surface area contributed by atoms with Crippen LogP contribution in [0.5, 0.6) is 0 Å². The first-order valence-electron chi connectivity index (χ1n) is 4.06. The average Bonchev–Trinajstić information content (AvgIpc) is 2.04. The van der Waals surface area contributed by atoms with E-state index in [-0.39, 0.29) is 12.4 Å². The Morgan fingerprint density at radius 1 is 1.33 bits per heavy atom. The van der Waals surface area contributed by atoms with Gasteiger partial charge in [-0.3, -0.25) is 0 Å². The number of benzene rings is 1. The Labute approximate surface area is 80.4 Å². The number of rotatable bonds is 2. The van der Waals surface area contributed by atoms with Gasteiger partial charge in [0, 0.05) is 6.54 Å². The highest BCUT2D eigenvalue weighted by Gasteiger charge is 1.95. The van der Waals surface area contributed by atoms with E-state index >= 15 is 0 Å². The summed E-state index contributed by atoms with van der Waals surface area (Å²) in [5.41, 5.74) is 9.49. The molecule has 0 heterocycles. The van der Waals surface area contributed by atoms with Crippen LogP contribution in [-0.4, -0.2) is 0 Å². The normalized spacial score (nSPS) is 9.25. The van der Waals surface area contributed by atoms with Crippen molar-refractivity contribution in [2.45, 2.75) is 26.8 Å². The van der Waals surface area contributed by atoms with Crippen LogP contribution < -0.4 is 5.73 Å². The lowest BCUT2D eigenvalue weighted by atomic mass is 10.0. The molecule has 2 heteroatoms. The summed E-state index contributed by atoms with van der Waals surface area (Å²) < 4.78 is 0. The highest BCUT2D eigenvalue weighted by atomic mass is 35.5. The van der Waals surface area contributed by atoms with Gasteiger partial charge in [0.15, 0.2) is 0 Å². The third-order valence-electron chi connectivity index (χ3n) is 2.04. The second-order valence-electron chi connectivity index (χ2n) is 2.82. The molecule has 0 fully saturated rings. The van der Waals surface area contributed by atoms with E-state index in [0.717, 1.165) is 6.42 Å². The molecule has 1 rings (SSSR count). The van der Waals surface area contributed by atoms with Crippen molar-refractivity contribution in [3.63, 3.8) is 0 Å². The zero-order chi connectivity index (χ0) is 8.27. The molecule has 68 valence electrons. The van der Waals surface area contributed by atoms with Gasteiger partial charge in [-0.2, -0.15) is 0 Å². The van der Waals surface area contributed by atoms with Gasteiger partial charge >= 0.3 is 0 Å². The van der Waals surface area contributed by atoms with Crippen LogP contribution in [0, 0.1) is 6.92 Å². The number of hydrogen-bond acceptors (Lipinski definition) is 1. The highest BCUT2D eigenvalue weighted by molar-refractivity contribution is 5.85. The molecule has 0 aliphatic rings. The molecule has 1 aromatic rings. The smallest absolute Gasteiger partial charge is 0.0180 e. The summed E-state index contributed by atoms with van der Waals surface area (Å²) in [6.07, 6.45) is 1.10. The van der Waals surface area contributed by atoms with E-state index in [1.54, 1.807) is 0 Å². The fraction of sp³-hybridized carbons (Fsp3) is 0.400.